The number of rotatable bonds is 7. The fraction of sp³-hybridized carbons (Fsp3) is 0.500. The zero-order valence-corrected chi connectivity index (χ0v) is 22.3. The van der Waals surface area contributed by atoms with E-state index in [2.05, 4.69) is 20.5 Å². The molecule has 0 radical (unpaired) electrons. The quantitative estimate of drug-likeness (QED) is 0.557. The Hall–Kier alpha value is -3.04. The van der Waals surface area contributed by atoms with Gasteiger partial charge in [-0.15, -0.1) is 0 Å². The third kappa shape index (κ3) is 8.27. The maximum Gasteiger partial charge on any atom is 0.410 e. The molecule has 2 atom stereocenters. The van der Waals surface area contributed by atoms with Gasteiger partial charge in [0.1, 0.15) is 11.4 Å². The van der Waals surface area contributed by atoms with E-state index in [1.165, 1.54) is 0 Å². The molecule has 196 valence electrons. The summed E-state index contributed by atoms with van der Waals surface area (Å²) in [5, 5.41) is 6.60. The third-order valence-corrected chi connectivity index (χ3v) is 6.20. The zero-order valence-electron chi connectivity index (χ0n) is 21.6. The number of benzene rings is 1. The molecule has 1 aromatic carbocycles. The zero-order chi connectivity index (χ0) is 26.3. The van der Waals surface area contributed by atoms with Crippen molar-refractivity contribution in [3.63, 3.8) is 0 Å². The van der Waals surface area contributed by atoms with Crippen molar-refractivity contribution in [2.75, 3.05) is 45.7 Å². The first-order valence-corrected chi connectivity index (χ1v) is 12.4. The summed E-state index contributed by atoms with van der Waals surface area (Å²) in [6.45, 7) is 8.25. The van der Waals surface area contributed by atoms with Crippen molar-refractivity contribution in [2.24, 2.45) is 0 Å². The summed E-state index contributed by atoms with van der Waals surface area (Å²) in [7, 11) is 3.34. The van der Waals surface area contributed by atoms with E-state index in [4.69, 9.17) is 21.1 Å². The first-order chi connectivity index (χ1) is 17.0. The predicted molar refractivity (Wildman–Crippen MR) is 141 cm³/mol. The molecule has 0 saturated carbocycles. The fourth-order valence-corrected chi connectivity index (χ4v) is 4.14. The van der Waals surface area contributed by atoms with Crippen molar-refractivity contribution in [2.45, 2.75) is 44.8 Å². The average molecular weight is 518 g/mol. The normalized spacial score (nSPS) is 18.3. The molecule has 2 N–H and O–H groups in total. The van der Waals surface area contributed by atoms with Crippen LogP contribution in [0.15, 0.2) is 42.6 Å². The lowest BCUT2D eigenvalue weighted by Crippen LogP contribution is -2.52. The van der Waals surface area contributed by atoms with Gasteiger partial charge in [0, 0.05) is 61.6 Å². The summed E-state index contributed by atoms with van der Waals surface area (Å²) in [5.74, 6) is 0.642. The van der Waals surface area contributed by atoms with Gasteiger partial charge in [0.25, 0.3) is 0 Å². The molecule has 1 aliphatic heterocycles. The summed E-state index contributed by atoms with van der Waals surface area (Å²) in [4.78, 5) is 33.6. The predicted octanol–water partition coefficient (Wildman–Crippen LogP) is 4.59. The van der Waals surface area contributed by atoms with Crippen LogP contribution < -0.4 is 15.4 Å². The van der Waals surface area contributed by atoms with Crippen LogP contribution in [-0.2, 0) is 4.74 Å². The van der Waals surface area contributed by atoms with Crippen molar-refractivity contribution in [1.82, 2.24) is 20.1 Å². The lowest BCUT2D eigenvalue weighted by atomic mass is 9.88. The number of nitrogens with zero attached hydrogens (tertiary/aromatic N) is 3. The Bertz CT molecular complexity index is 1010. The molecular formula is C26H36ClN5O4. The number of urea groups is 1. The number of carbonyl (C=O) groups excluding carboxylic acids is 2. The van der Waals surface area contributed by atoms with Crippen LogP contribution in [0.2, 0.25) is 5.02 Å². The monoisotopic (exact) mass is 517 g/mol. The van der Waals surface area contributed by atoms with E-state index < -0.39 is 5.60 Å². The summed E-state index contributed by atoms with van der Waals surface area (Å²) in [5.41, 5.74) is 1.00. The molecule has 0 unspecified atom stereocenters. The molecular weight excluding hydrogens is 482 g/mol. The first kappa shape index (κ1) is 27.5. The fourth-order valence-electron chi connectivity index (χ4n) is 4.02. The summed E-state index contributed by atoms with van der Waals surface area (Å²) in [6.07, 6.45) is 2.09. The van der Waals surface area contributed by atoms with Gasteiger partial charge in [-0.1, -0.05) is 11.6 Å². The number of halogens is 1. The molecule has 9 nitrogen and oxygen atoms in total. The number of ether oxygens (including phenoxy) is 2. The molecule has 2 heterocycles. The Balaban J connectivity index is 1.65. The molecule has 1 aromatic heterocycles. The Kier molecular flexibility index (Phi) is 9.39. The van der Waals surface area contributed by atoms with Crippen molar-refractivity contribution in [1.29, 1.82) is 0 Å². The van der Waals surface area contributed by atoms with Gasteiger partial charge in [0.15, 0.2) is 0 Å². The van der Waals surface area contributed by atoms with E-state index in [0.29, 0.717) is 36.1 Å². The molecule has 1 aliphatic rings. The van der Waals surface area contributed by atoms with E-state index in [0.717, 1.165) is 18.7 Å². The second-order valence-corrected chi connectivity index (χ2v) is 10.4. The van der Waals surface area contributed by atoms with Crippen LogP contribution in [0.25, 0.3) is 0 Å². The molecule has 1 fully saturated rings. The molecule has 2 aromatic rings. The molecule has 36 heavy (non-hydrogen) atoms. The number of likely N-dealkylation sites (N-methyl/N-ethyl adjacent to an activating group) is 1. The lowest BCUT2D eigenvalue weighted by Gasteiger charge is -2.39. The number of hydrogen-bond acceptors (Lipinski definition) is 6. The van der Waals surface area contributed by atoms with Crippen LogP contribution in [0.1, 0.15) is 38.8 Å². The minimum Gasteiger partial charge on any atom is -0.495 e. The topological polar surface area (TPSA) is 96.0 Å². The number of piperidine rings is 1. The van der Waals surface area contributed by atoms with Gasteiger partial charge in [-0.25, -0.2) is 9.59 Å². The maximum atomic E-state index is 12.8. The number of aromatic nitrogens is 1. The highest BCUT2D eigenvalue weighted by molar-refractivity contribution is 6.30. The number of methoxy groups -OCH3 is 1. The highest BCUT2D eigenvalue weighted by atomic mass is 35.5. The van der Waals surface area contributed by atoms with Gasteiger partial charge in [0.2, 0.25) is 0 Å². The van der Waals surface area contributed by atoms with E-state index in [9.17, 15) is 9.59 Å². The maximum absolute atomic E-state index is 12.8. The van der Waals surface area contributed by atoms with Crippen molar-refractivity contribution in [3.05, 3.63) is 53.3 Å². The highest BCUT2D eigenvalue weighted by Crippen LogP contribution is 2.27. The molecule has 3 rings (SSSR count). The number of nitrogens with one attached hydrogen (secondary N) is 2. The van der Waals surface area contributed by atoms with Crippen LogP contribution in [0, 0.1) is 0 Å². The van der Waals surface area contributed by atoms with Crippen LogP contribution in [0.4, 0.5) is 15.3 Å². The van der Waals surface area contributed by atoms with E-state index in [1.54, 1.807) is 49.5 Å². The Morgan fingerprint density at radius 3 is 2.53 bits per heavy atom. The minimum atomic E-state index is -0.535. The number of carbonyl (C=O) groups is 2. The Morgan fingerprint density at radius 1 is 1.19 bits per heavy atom. The largest absolute Gasteiger partial charge is 0.495 e. The van der Waals surface area contributed by atoms with Crippen LogP contribution in [-0.4, -0.2) is 78.9 Å². The Labute approximate surface area is 218 Å². The SMILES string of the molecule is COc1ccc([C@@H]2CN(CCN(C)C(=O)OC(C)(C)C)CC[C@H]2NC(=O)Nc2ccc(Cl)cc2)nc1. The molecule has 10 heteroatoms. The second kappa shape index (κ2) is 12.3. The standard InChI is InChI=1S/C26H36ClN5O4/c1-26(2,3)36-25(34)31(4)14-15-32-13-12-23(21(17-32)22-11-10-20(35-5)16-28-22)30-24(33)29-19-8-6-18(27)7-9-19/h6-11,16,21,23H,12-15,17H2,1-5H3,(H2,29,30,33)/t21-,23+/m0/s1. The van der Waals surface area contributed by atoms with Crippen LogP contribution >= 0.6 is 11.6 Å². The van der Waals surface area contributed by atoms with Crippen LogP contribution in [0.5, 0.6) is 5.75 Å². The smallest absolute Gasteiger partial charge is 0.410 e. The van der Waals surface area contributed by atoms with Gasteiger partial charge < -0.3 is 29.9 Å². The molecule has 0 bridgehead atoms. The van der Waals surface area contributed by atoms with Crippen molar-refractivity contribution >= 4 is 29.4 Å². The van der Waals surface area contributed by atoms with Crippen molar-refractivity contribution in [3.8, 4) is 5.75 Å². The Morgan fingerprint density at radius 2 is 1.92 bits per heavy atom. The minimum absolute atomic E-state index is 0.0348. The number of amides is 3. The van der Waals surface area contributed by atoms with E-state index in [-0.39, 0.29) is 24.1 Å². The molecule has 1 saturated heterocycles. The summed E-state index contributed by atoms with van der Waals surface area (Å²) >= 11 is 5.94. The average Bonchev–Trinajstić information content (AvgIpc) is 2.83. The highest BCUT2D eigenvalue weighted by Gasteiger charge is 2.33. The summed E-state index contributed by atoms with van der Waals surface area (Å²) < 4.78 is 10.7. The van der Waals surface area contributed by atoms with E-state index in [1.807, 2.05) is 32.9 Å². The third-order valence-electron chi connectivity index (χ3n) is 5.95. The number of likely N-dealkylation sites (tertiary alicyclic amines) is 1. The number of anilines is 1. The van der Waals surface area contributed by atoms with E-state index >= 15 is 0 Å². The summed E-state index contributed by atoms with van der Waals surface area (Å²) in [6, 6.07) is 10.4. The van der Waals surface area contributed by atoms with Gasteiger partial charge in [-0.2, -0.15) is 0 Å². The molecule has 0 spiro atoms. The van der Waals surface area contributed by atoms with Gasteiger partial charge in [0.05, 0.1) is 13.3 Å². The van der Waals surface area contributed by atoms with Gasteiger partial charge in [-0.05, 0) is 63.6 Å². The van der Waals surface area contributed by atoms with Crippen molar-refractivity contribution < 1.29 is 19.1 Å². The number of pyridine rings is 1. The lowest BCUT2D eigenvalue weighted by molar-refractivity contribution is 0.0275. The molecule has 3 amide bonds. The van der Waals surface area contributed by atoms with Crippen LogP contribution in [0.3, 0.4) is 0 Å². The second-order valence-electron chi connectivity index (χ2n) is 9.93. The van der Waals surface area contributed by atoms with Gasteiger partial charge in [-0.3, -0.25) is 4.98 Å². The number of hydrogen-bond donors (Lipinski definition) is 2. The van der Waals surface area contributed by atoms with Gasteiger partial charge >= 0.3 is 12.1 Å². The molecule has 0 aliphatic carbocycles. The first-order valence-electron chi connectivity index (χ1n) is 12.0.